The summed E-state index contributed by atoms with van der Waals surface area (Å²) in [6.07, 6.45) is 4.07. The Hall–Kier alpha value is -1.81. The van der Waals surface area contributed by atoms with Crippen LogP contribution in [0.5, 0.6) is 0 Å². The number of hydrogen-bond donors (Lipinski definition) is 1. The minimum Gasteiger partial charge on any atom is -0.378 e. The highest BCUT2D eigenvalue weighted by molar-refractivity contribution is 5.47. The van der Waals surface area contributed by atoms with Crippen molar-refractivity contribution in [3.63, 3.8) is 0 Å². The molecule has 2 rings (SSSR count). The van der Waals surface area contributed by atoms with E-state index in [9.17, 15) is 0 Å². The molecule has 0 aliphatic carbocycles. The number of rotatable bonds is 6. The van der Waals surface area contributed by atoms with Crippen LogP contribution in [0.2, 0.25) is 0 Å². The van der Waals surface area contributed by atoms with E-state index in [1.165, 1.54) is 16.8 Å². The van der Waals surface area contributed by atoms with Crippen molar-refractivity contribution in [2.75, 3.05) is 25.5 Å². The molecule has 1 aromatic carbocycles. The van der Waals surface area contributed by atoms with Crippen molar-refractivity contribution in [1.29, 1.82) is 0 Å². The van der Waals surface area contributed by atoms with E-state index in [0.717, 1.165) is 13.1 Å². The van der Waals surface area contributed by atoms with Crippen molar-refractivity contribution in [2.24, 2.45) is 0 Å². The SMILES string of the molecule is CCNC(c1ccc(N(C)C)cc1)c1cnn(CC)c1. The summed E-state index contributed by atoms with van der Waals surface area (Å²) in [6, 6.07) is 8.89. The Labute approximate surface area is 121 Å². The Kier molecular flexibility index (Phi) is 4.79. The first-order chi connectivity index (χ1) is 9.65. The van der Waals surface area contributed by atoms with Gasteiger partial charge in [0, 0.05) is 38.1 Å². The van der Waals surface area contributed by atoms with Crippen LogP contribution in [0, 0.1) is 0 Å². The summed E-state index contributed by atoms with van der Waals surface area (Å²) in [7, 11) is 4.12. The molecule has 0 radical (unpaired) electrons. The van der Waals surface area contributed by atoms with Gasteiger partial charge in [-0.2, -0.15) is 5.10 Å². The first-order valence-corrected chi connectivity index (χ1v) is 7.18. The van der Waals surface area contributed by atoms with Crippen LogP contribution in [-0.2, 0) is 6.54 Å². The third-order valence-electron chi connectivity index (χ3n) is 3.46. The van der Waals surface area contributed by atoms with E-state index in [2.05, 4.69) is 73.7 Å². The largest absolute Gasteiger partial charge is 0.378 e. The summed E-state index contributed by atoms with van der Waals surface area (Å²) in [4.78, 5) is 2.11. The van der Waals surface area contributed by atoms with E-state index in [4.69, 9.17) is 0 Å². The zero-order valence-electron chi connectivity index (χ0n) is 12.8. The maximum atomic E-state index is 4.38. The van der Waals surface area contributed by atoms with Crippen LogP contribution in [0.3, 0.4) is 0 Å². The zero-order chi connectivity index (χ0) is 14.5. The van der Waals surface area contributed by atoms with Gasteiger partial charge in [-0.15, -0.1) is 0 Å². The van der Waals surface area contributed by atoms with E-state index < -0.39 is 0 Å². The standard InChI is InChI=1S/C16H24N4/c1-5-17-16(14-11-18-20(6-2)12-14)13-7-9-15(10-8-13)19(3)4/h7-12,16-17H,5-6H2,1-4H3. The molecule has 0 fully saturated rings. The number of benzene rings is 1. The molecule has 4 nitrogen and oxygen atoms in total. The maximum Gasteiger partial charge on any atom is 0.0607 e. The normalized spacial score (nSPS) is 12.4. The van der Waals surface area contributed by atoms with E-state index in [0.29, 0.717) is 0 Å². The Morgan fingerprint density at radius 1 is 1.15 bits per heavy atom. The predicted molar refractivity (Wildman–Crippen MR) is 84.2 cm³/mol. The molecule has 0 aliphatic rings. The van der Waals surface area contributed by atoms with E-state index in [1.54, 1.807) is 0 Å². The van der Waals surface area contributed by atoms with E-state index >= 15 is 0 Å². The average Bonchev–Trinajstić information content (AvgIpc) is 2.93. The Morgan fingerprint density at radius 2 is 1.85 bits per heavy atom. The number of hydrogen-bond acceptors (Lipinski definition) is 3. The fraction of sp³-hybridized carbons (Fsp3) is 0.438. The highest BCUT2D eigenvalue weighted by atomic mass is 15.3. The lowest BCUT2D eigenvalue weighted by atomic mass is 10.0. The summed E-state index contributed by atoms with van der Waals surface area (Å²) in [5, 5.41) is 7.91. The fourth-order valence-electron chi connectivity index (χ4n) is 2.30. The molecular formula is C16H24N4. The molecular weight excluding hydrogens is 248 g/mol. The van der Waals surface area contributed by atoms with Gasteiger partial charge in [0.25, 0.3) is 0 Å². The molecule has 0 bridgehead atoms. The second-order valence-electron chi connectivity index (χ2n) is 5.11. The molecule has 20 heavy (non-hydrogen) atoms. The lowest BCUT2D eigenvalue weighted by Crippen LogP contribution is -2.21. The molecule has 0 spiro atoms. The number of anilines is 1. The fourth-order valence-corrected chi connectivity index (χ4v) is 2.30. The quantitative estimate of drug-likeness (QED) is 0.877. The minimum atomic E-state index is 0.205. The summed E-state index contributed by atoms with van der Waals surface area (Å²) < 4.78 is 1.97. The third-order valence-corrected chi connectivity index (χ3v) is 3.46. The van der Waals surface area contributed by atoms with E-state index in [-0.39, 0.29) is 6.04 Å². The first kappa shape index (κ1) is 14.6. The molecule has 4 heteroatoms. The van der Waals surface area contributed by atoms with Crippen molar-refractivity contribution >= 4 is 5.69 Å². The zero-order valence-corrected chi connectivity index (χ0v) is 12.8. The van der Waals surface area contributed by atoms with Gasteiger partial charge in [-0.3, -0.25) is 4.68 Å². The number of aromatic nitrogens is 2. The summed E-state index contributed by atoms with van der Waals surface area (Å²) in [5.41, 5.74) is 3.70. The van der Waals surface area contributed by atoms with Gasteiger partial charge >= 0.3 is 0 Å². The van der Waals surface area contributed by atoms with Crippen molar-refractivity contribution < 1.29 is 0 Å². The molecule has 1 N–H and O–H groups in total. The summed E-state index contributed by atoms with van der Waals surface area (Å²) in [5.74, 6) is 0. The van der Waals surface area contributed by atoms with Gasteiger partial charge in [0.05, 0.1) is 12.2 Å². The molecule has 1 atom stereocenters. The van der Waals surface area contributed by atoms with Gasteiger partial charge in [0.1, 0.15) is 0 Å². The van der Waals surface area contributed by atoms with Crippen LogP contribution < -0.4 is 10.2 Å². The van der Waals surface area contributed by atoms with Gasteiger partial charge in [-0.1, -0.05) is 19.1 Å². The summed E-state index contributed by atoms with van der Waals surface area (Å²) >= 11 is 0. The Balaban J connectivity index is 2.27. The molecule has 0 aliphatic heterocycles. The number of nitrogens with zero attached hydrogens (tertiary/aromatic N) is 3. The molecule has 0 saturated carbocycles. The van der Waals surface area contributed by atoms with E-state index in [1.807, 2.05) is 10.9 Å². The monoisotopic (exact) mass is 272 g/mol. The number of aryl methyl sites for hydroxylation is 1. The van der Waals surface area contributed by atoms with Crippen LogP contribution in [0.1, 0.15) is 31.0 Å². The average molecular weight is 272 g/mol. The Morgan fingerprint density at radius 3 is 2.35 bits per heavy atom. The molecule has 2 aromatic rings. The van der Waals surface area contributed by atoms with Crippen molar-refractivity contribution in [1.82, 2.24) is 15.1 Å². The van der Waals surface area contributed by atoms with Gasteiger partial charge < -0.3 is 10.2 Å². The van der Waals surface area contributed by atoms with Crippen LogP contribution in [0.25, 0.3) is 0 Å². The Bertz CT molecular complexity index is 528. The van der Waals surface area contributed by atoms with Crippen LogP contribution >= 0.6 is 0 Å². The highest BCUT2D eigenvalue weighted by Gasteiger charge is 2.14. The maximum absolute atomic E-state index is 4.38. The van der Waals surface area contributed by atoms with Crippen molar-refractivity contribution in [3.05, 3.63) is 47.8 Å². The second kappa shape index (κ2) is 6.57. The second-order valence-corrected chi connectivity index (χ2v) is 5.11. The lowest BCUT2D eigenvalue weighted by Gasteiger charge is -2.19. The minimum absolute atomic E-state index is 0.205. The van der Waals surface area contributed by atoms with Gasteiger partial charge in [0.15, 0.2) is 0 Å². The molecule has 0 saturated heterocycles. The van der Waals surface area contributed by atoms with Crippen molar-refractivity contribution in [3.8, 4) is 0 Å². The van der Waals surface area contributed by atoms with Gasteiger partial charge in [0.2, 0.25) is 0 Å². The van der Waals surface area contributed by atoms with Crippen LogP contribution in [0.15, 0.2) is 36.7 Å². The molecule has 0 amide bonds. The van der Waals surface area contributed by atoms with Gasteiger partial charge in [-0.25, -0.2) is 0 Å². The predicted octanol–water partition coefficient (Wildman–Crippen LogP) is 2.67. The molecule has 1 heterocycles. The van der Waals surface area contributed by atoms with Crippen LogP contribution in [-0.4, -0.2) is 30.4 Å². The lowest BCUT2D eigenvalue weighted by molar-refractivity contribution is 0.625. The number of nitrogens with one attached hydrogen (secondary N) is 1. The summed E-state index contributed by atoms with van der Waals surface area (Å²) in [6.45, 7) is 6.06. The highest BCUT2D eigenvalue weighted by Crippen LogP contribution is 2.23. The first-order valence-electron chi connectivity index (χ1n) is 7.18. The molecule has 108 valence electrons. The topological polar surface area (TPSA) is 33.1 Å². The smallest absolute Gasteiger partial charge is 0.0607 e. The molecule has 1 aromatic heterocycles. The van der Waals surface area contributed by atoms with Crippen LogP contribution in [0.4, 0.5) is 5.69 Å². The third kappa shape index (κ3) is 3.20. The van der Waals surface area contributed by atoms with Gasteiger partial charge in [-0.05, 0) is 31.2 Å². The van der Waals surface area contributed by atoms with Crippen molar-refractivity contribution in [2.45, 2.75) is 26.4 Å². The molecule has 1 unspecified atom stereocenters.